The van der Waals surface area contributed by atoms with Crippen molar-refractivity contribution in [2.75, 3.05) is 7.05 Å². The van der Waals surface area contributed by atoms with E-state index in [4.69, 9.17) is 0 Å². The zero-order valence-electron chi connectivity index (χ0n) is 9.48. The van der Waals surface area contributed by atoms with E-state index in [1.54, 1.807) is 6.92 Å². The van der Waals surface area contributed by atoms with Crippen molar-refractivity contribution in [3.05, 3.63) is 35.4 Å². The van der Waals surface area contributed by atoms with Crippen molar-refractivity contribution >= 4 is 0 Å². The van der Waals surface area contributed by atoms with Crippen molar-refractivity contribution < 1.29 is 8.78 Å². The van der Waals surface area contributed by atoms with Crippen molar-refractivity contribution in [1.82, 2.24) is 5.32 Å². The average molecular weight is 223 g/mol. The van der Waals surface area contributed by atoms with Gasteiger partial charge in [0.05, 0.1) is 0 Å². The Morgan fingerprint density at radius 1 is 1.38 bits per heavy atom. The number of hydrogen-bond acceptors (Lipinski definition) is 1. The molecular weight excluding hydrogens is 208 g/mol. The molecule has 0 bridgehead atoms. The first-order chi connectivity index (χ1) is 7.67. The molecule has 1 N–H and O–H groups in total. The molecule has 0 heterocycles. The van der Waals surface area contributed by atoms with Gasteiger partial charge in [-0.25, -0.2) is 8.78 Å². The van der Waals surface area contributed by atoms with Crippen LogP contribution in [0, 0.1) is 23.5 Å². The summed E-state index contributed by atoms with van der Waals surface area (Å²) in [5, 5.41) is 3.06. The Morgan fingerprint density at radius 2 is 2.12 bits per heavy atom. The van der Waals surface area contributed by atoms with Crippen LogP contribution < -0.4 is 5.32 Å². The molecule has 0 fully saturated rings. The van der Waals surface area contributed by atoms with E-state index in [9.17, 15) is 8.78 Å². The number of hydrogen-bond donors (Lipinski definition) is 1. The van der Waals surface area contributed by atoms with Gasteiger partial charge in [-0.3, -0.25) is 0 Å². The van der Waals surface area contributed by atoms with E-state index in [2.05, 4.69) is 17.2 Å². The minimum Gasteiger partial charge on any atom is -0.316 e. The van der Waals surface area contributed by atoms with Crippen LogP contribution in [0.2, 0.25) is 0 Å². The third-order valence-corrected chi connectivity index (χ3v) is 2.41. The highest BCUT2D eigenvalue weighted by Crippen LogP contribution is 2.12. The van der Waals surface area contributed by atoms with E-state index < -0.39 is 11.6 Å². The van der Waals surface area contributed by atoms with E-state index in [-0.39, 0.29) is 6.04 Å². The van der Waals surface area contributed by atoms with Crippen molar-refractivity contribution in [2.24, 2.45) is 0 Å². The minimum atomic E-state index is -0.546. The molecule has 16 heavy (non-hydrogen) atoms. The Hall–Kier alpha value is -1.40. The molecule has 1 atom stereocenters. The molecule has 0 aliphatic rings. The summed E-state index contributed by atoms with van der Waals surface area (Å²) in [7, 11) is 1.81. The fraction of sp³-hybridized carbons (Fsp3) is 0.385. The normalized spacial score (nSPS) is 11.8. The number of likely N-dealkylation sites (N-methyl/N-ethyl adjacent to an activating group) is 1. The molecule has 86 valence electrons. The predicted octanol–water partition coefficient (Wildman–Crippen LogP) is 2.51. The topological polar surface area (TPSA) is 12.0 Å². The predicted molar refractivity (Wildman–Crippen MR) is 61.0 cm³/mol. The van der Waals surface area contributed by atoms with Crippen LogP contribution in [0.5, 0.6) is 0 Å². The van der Waals surface area contributed by atoms with E-state index >= 15 is 0 Å². The third kappa shape index (κ3) is 3.63. The minimum absolute atomic E-state index is 0.0902. The quantitative estimate of drug-likeness (QED) is 0.773. The molecule has 1 unspecified atom stereocenters. The summed E-state index contributed by atoms with van der Waals surface area (Å²) >= 11 is 0. The van der Waals surface area contributed by atoms with Crippen LogP contribution in [0.4, 0.5) is 8.78 Å². The van der Waals surface area contributed by atoms with Gasteiger partial charge in [0.25, 0.3) is 0 Å². The zero-order chi connectivity index (χ0) is 12.0. The Kier molecular flexibility index (Phi) is 4.94. The summed E-state index contributed by atoms with van der Waals surface area (Å²) < 4.78 is 26.1. The molecule has 0 radical (unpaired) electrons. The Labute approximate surface area is 94.9 Å². The third-order valence-electron chi connectivity index (χ3n) is 2.41. The standard InChI is InChI=1S/C13H15F2N/c1-3-4-5-12(16-2)8-10-6-7-11(14)9-13(10)15/h6-7,9,12,16H,5,8H2,1-2H3. The number of benzene rings is 1. The van der Waals surface area contributed by atoms with Gasteiger partial charge in [-0.2, -0.15) is 0 Å². The van der Waals surface area contributed by atoms with Crippen LogP contribution >= 0.6 is 0 Å². The molecule has 0 spiro atoms. The molecule has 1 nitrogen and oxygen atoms in total. The molecule has 1 rings (SSSR count). The molecule has 0 aliphatic heterocycles. The zero-order valence-corrected chi connectivity index (χ0v) is 9.48. The summed E-state index contributed by atoms with van der Waals surface area (Å²) in [4.78, 5) is 0. The Morgan fingerprint density at radius 3 is 2.69 bits per heavy atom. The van der Waals surface area contributed by atoms with Gasteiger partial charge >= 0.3 is 0 Å². The second-order valence-electron chi connectivity index (χ2n) is 3.56. The van der Waals surface area contributed by atoms with Crippen molar-refractivity contribution in [2.45, 2.75) is 25.8 Å². The van der Waals surface area contributed by atoms with Crippen LogP contribution in [0.15, 0.2) is 18.2 Å². The molecule has 1 aromatic rings. The molecule has 0 saturated heterocycles. The van der Waals surface area contributed by atoms with Gasteiger partial charge in [0.2, 0.25) is 0 Å². The monoisotopic (exact) mass is 223 g/mol. The highest BCUT2D eigenvalue weighted by Gasteiger charge is 2.10. The SMILES string of the molecule is CC#CCC(Cc1ccc(F)cc1F)NC. The smallest absolute Gasteiger partial charge is 0.129 e. The van der Waals surface area contributed by atoms with Gasteiger partial charge in [-0.05, 0) is 32.0 Å². The first-order valence-corrected chi connectivity index (χ1v) is 5.18. The second-order valence-corrected chi connectivity index (χ2v) is 3.56. The lowest BCUT2D eigenvalue weighted by Crippen LogP contribution is -2.27. The van der Waals surface area contributed by atoms with E-state index in [1.807, 2.05) is 7.05 Å². The highest BCUT2D eigenvalue weighted by molar-refractivity contribution is 5.20. The van der Waals surface area contributed by atoms with Gasteiger partial charge in [-0.1, -0.05) is 6.07 Å². The van der Waals surface area contributed by atoms with E-state index in [0.717, 1.165) is 6.07 Å². The fourth-order valence-electron chi connectivity index (χ4n) is 1.45. The largest absolute Gasteiger partial charge is 0.316 e. The number of nitrogens with one attached hydrogen (secondary N) is 1. The fourth-order valence-corrected chi connectivity index (χ4v) is 1.45. The van der Waals surface area contributed by atoms with Crippen molar-refractivity contribution in [1.29, 1.82) is 0 Å². The first kappa shape index (κ1) is 12.7. The van der Waals surface area contributed by atoms with Crippen LogP contribution in [0.25, 0.3) is 0 Å². The van der Waals surface area contributed by atoms with Gasteiger partial charge in [0.15, 0.2) is 0 Å². The molecular formula is C13H15F2N. The van der Waals surface area contributed by atoms with Crippen LogP contribution in [0.1, 0.15) is 18.9 Å². The van der Waals surface area contributed by atoms with Gasteiger partial charge in [0.1, 0.15) is 11.6 Å². The number of halogens is 2. The lowest BCUT2D eigenvalue weighted by atomic mass is 10.0. The summed E-state index contributed by atoms with van der Waals surface area (Å²) in [6.45, 7) is 1.77. The van der Waals surface area contributed by atoms with Gasteiger partial charge in [0, 0.05) is 18.5 Å². The van der Waals surface area contributed by atoms with E-state index in [1.165, 1.54) is 12.1 Å². The van der Waals surface area contributed by atoms with Gasteiger partial charge < -0.3 is 5.32 Å². The second kappa shape index (κ2) is 6.24. The molecule has 3 heteroatoms. The molecule has 0 aliphatic carbocycles. The van der Waals surface area contributed by atoms with E-state index in [0.29, 0.717) is 18.4 Å². The highest BCUT2D eigenvalue weighted by atomic mass is 19.1. The molecule has 1 aromatic carbocycles. The lowest BCUT2D eigenvalue weighted by Gasteiger charge is -2.13. The molecule has 0 saturated carbocycles. The van der Waals surface area contributed by atoms with Crippen LogP contribution in [0.3, 0.4) is 0 Å². The summed E-state index contributed by atoms with van der Waals surface area (Å²) in [6, 6.07) is 3.76. The van der Waals surface area contributed by atoms with Gasteiger partial charge in [-0.15, -0.1) is 11.8 Å². The first-order valence-electron chi connectivity index (χ1n) is 5.18. The maximum atomic E-state index is 13.4. The summed E-state index contributed by atoms with van der Waals surface area (Å²) in [5.74, 6) is 4.70. The number of rotatable bonds is 4. The maximum Gasteiger partial charge on any atom is 0.129 e. The van der Waals surface area contributed by atoms with Crippen LogP contribution in [-0.4, -0.2) is 13.1 Å². The Balaban J connectivity index is 2.72. The molecule has 0 amide bonds. The molecule has 0 aromatic heterocycles. The summed E-state index contributed by atoms with van der Waals surface area (Å²) in [5.41, 5.74) is 0.513. The van der Waals surface area contributed by atoms with Crippen molar-refractivity contribution in [3.63, 3.8) is 0 Å². The van der Waals surface area contributed by atoms with Crippen molar-refractivity contribution in [3.8, 4) is 11.8 Å². The lowest BCUT2D eigenvalue weighted by molar-refractivity contribution is 0.533. The van der Waals surface area contributed by atoms with Crippen LogP contribution in [-0.2, 0) is 6.42 Å². The average Bonchev–Trinajstić information content (AvgIpc) is 2.27. The maximum absolute atomic E-state index is 13.4. The summed E-state index contributed by atoms with van der Waals surface area (Å²) in [6.07, 6.45) is 1.17. The Bertz CT molecular complexity index is 404.